The van der Waals surface area contributed by atoms with E-state index in [0.717, 1.165) is 49.9 Å². The molecule has 8 heteroatoms. The second kappa shape index (κ2) is 14.8. The maximum Gasteiger partial charge on any atom is 0.412 e. The quantitative estimate of drug-likeness (QED) is 0.193. The van der Waals surface area contributed by atoms with Crippen molar-refractivity contribution in [1.82, 2.24) is 10.6 Å². The highest BCUT2D eigenvalue weighted by Crippen LogP contribution is 2.13. The van der Waals surface area contributed by atoms with Crippen LogP contribution in [0.3, 0.4) is 0 Å². The van der Waals surface area contributed by atoms with Crippen LogP contribution in [0, 0.1) is 0 Å². The molecule has 0 atom stereocenters. The zero-order valence-corrected chi connectivity index (χ0v) is 20.8. The topological polar surface area (TPSA) is 74.8 Å². The van der Waals surface area contributed by atoms with E-state index < -0.39 is 11.7 Å². The fraction of sp³-hybridized carbons (Fsp3) is 0.600. The molecule has 3 N–H and O–H groups in total. The molecule has 160 valence electrons. The maximum absolute atomic E-state index is 11.8. The molecule has 0 aliphatic carbocycles. The first-order valence-electron chi connectivity index (χ1n) is 9.44. The Kier molecular flexibility index (Phi) is 14.2. The molecule has 0 heterocycles. The van der Waals surface area contributed by atoms with Crippen LogP contribution in [0.25, 0.3) is 0 Å². The molecule has 6 nitrogen and oxygen atoms in total. The van der Waals surface area contributed by atoms with E-state index in [9.17, 15) is 4.79 Å². The minimum atomic E-state index is -0.503. The molecule has 0 aliphatic rings. The smallest absolute Gasteiger partial charge is 0.412 e. The second-order valence-electron chi connectivity index (χ2n) is 7.11. The number of benzene rings is 1. The first-order valence-corrected chi connectivity index (χ1v) is 10.8. The summed E-state index contributed by atoms with van der Waals surface area (Å²) in [5.74, 6) is 1.99. The summed E-state index contributed by atoms with van der Waals surface area (Å²) in [6, 6.07) is 7.80. The van der Waals surface area contributed by atoms with Gasteiger partial charge in [0.1, 0.15) is 5.60 Å². The fourth-order valence-corrected chi connectivity index (χ4v) is 2.66. The van der Waals surface area contributed by atoms with Crippen LogP contribution in [0.5, 0.6) is 0 Å². The van der Waals surface area contributed by atoms with Crippen molar-refractivity contribution in [3.63, 3.8) is 0 Å². The molecule has 1 amide bonds. The molecular formula is C20H35IN4O2S. The molecule has 0 saturated carbocycles. The van der Waals surface area contributed by atoms with Crippen LogP contribution in [0.1, 0.15) is 39.7 Å². The Morgan fingerprint density at radius 2 is 1.86 bits per heavy atom. The number of anilines is 1. The van der Waals surface area contributed by atoms with Gasteiger partial charge in [0.05, 0.1) is 0 Å². The predicted octanol–water partition coefficient (Wildman–Crippen LogP) is 4.50. The molecular weight excluding hydrogens is 487 g/mol. The number of carbonyl (C=O) groups is 1. The molecule has 0 aliphatic heterocycles. The normalized spacial score (nSPS) is 11.4. The third-order valence-electron chi connectivity index (χ3n) is 3.43. The number of carbonyl (C=O) groups excluding carboxylic acids is 1. The average molecular weight is 522 g/mol. The van der Waals surface area contributed by atoms with E-state index >= 15 is 0 Å². The molecule has 0 spiro atoms. The van der Waals surface area contributed by atoms with Crippen LogP contribution >= 0.6 is 35.7 Å². The zero-order valence-electron chi connectivity index (χ0n) is 17.6. The number of thioether (sulfide) groups is 1. The Balaban J connectivity index is 0.00000729. The van der Waals surface area contributed by atoms with Crippen molar-refractivity contribution in [3.05, 3.63) is 29.8 Å². The maximum atomic E-state index is 11.8. The van der Waals surface area contributed by atoms with Crippen molar-refractivity contribution in [2.45, 2.75) is 46.1 Å². The molecule has 0 bridgehead atoms. The first-order chi connectivity index (χ1) is 12.8. The van der Waals surface area contributed by atoms with Gasteiger partial charge in [-0.3, -0.25) is 10.3 Å². The van der Waals surface area contributed by atoms with E-state index in [0.29, 0.717) is 0 Å². The molecule has 0 saturated heterocycles. The number of ether oxygens (including phenoxy) is 1. The molecule has 0 unspecified atom stereocenters. The van der Waals surface area contributed by atoms with E-state index in [-0.39, 0.29) is 24.0 Å². The van der Waals surface area contributed by atoms with Crippen molar-refractivity contribution in [3.8, 4) is 0 Å². The highest BCUT2D eigenvalue weighted by atomic mass is 127. The van der Waals surface area contributed by atoms with E-state index in [1.165, 1.54) is 5.56 Å². The van der Waals surface area contributed by atoms with Crippen LogP contribution in [-0.2, 0) is 11.2 Å². The summed E-state index contributed by atoms with van der Waals surface area (Å²) in [5.41, 5.74) is 1.41. The van der Waals surface area contributed by atoms with E-state index in [4.69, 9.17) is 4.74 Å². The van der Waals surface area contributed by atoms with Crippen LogP contribution in [0.15, 0.2) is 29.3 Å². The van der Waals surface area contributed by atoms with Gasteiger partial charge < -0.3 is 15.4 Å². The Hall–Kier alpha value is -1.16. The van der Waals surface area contributed by atoms with Gasteiger partial charge in [-0.1, -0.05) is 12.1 Å². The van der Waals surface area contributed by atoms with Crippen molar-refractivity contribution in [1.29, 1.82) is 0 Å². The number of hydrogen-bond donors (Lipinski definition) is 3. The standard InChI is InChI=1S/C20H34N4O2S.HI/c1-6-21-18(22-13-7-15-27-5)23-14-12-16-8-10-17(11-9-16)24-19(25)26-20(2,3)4;/h8-11H,6-7,12-15H2,1-5H3,(H,24,25)(H2,21,22,23);1H. The van der Waals surface area contributed by atoms with Gasteiger partial charge in [-0.05, 0) is 70.2 Å². The number of aliphatic imine (C=N–C) groups is 1. The minimum absolute atomic E-state index is 0. The monoisotopic (exact) mass is 522 g/mol. The minimum Gasteiger partial charge on any atom is -0.444 e. The van der Waals surface area contributed by atoms with Gasteiger partial charge >= 0.3 is 6.09 Å². The summed E-state index contributed by atoms with van der Waals surface area (Å²) in [7, 11) is 0. The molecule has 0 fully saturated rings. The number of guanidine groups is 1. The largest absolute Gasteiger partial charge is 0.444 e. The summed E-state index contributed by atoms with van der Waals surface area (Å²) in [6.45, 7) is 10.1. The number of nitrogens with zero attached hydrogens (tertiary/aromatic N) is 1. The summed E-state index contributed by atoms with van der Waals surface area (Å²) < 4.78 is 5.25. The molecule has 1 aromatic rings. The molecule has 1 rings (SSSR count). The van der Waals surface area contributed by atoms with Crippen molar-refractivity contribution in [2.75, 3.05) is 37.0 Å². The van der Waals surface area contributed by atoms with Crippen LogP contribution in [-0.4, -0.2) is 49.3 Å². The summed E-state index contributed by atoms with van der Waals surface area (Å²) in [4.78, 5) is 16.4. The highest BCUT2D eigenvalue weighted by molar-refractivity contribution is 14.0. The van der Waals surface area contributed by atoms with Crippen molar-refractivity contribution < 1.29 is 9.53 Å². The molecule has 0 radical (unpaired) electrons. The Labute approximate surface area is 191 Å². The molecule has 28 heavy (non-hydrogen) atoms. The van der Waals surface area contributed by atoms with Crippen molar-refractivity contribution in [2.24, 2.45) is 4.99 Å². The number of nitrogens with one attached hydrogen (secondary N) is 3. The van der Waals surface area contributed by atoms with Gasteiger partial charge in [-0.15, -0.1) is 24.0 Å². The van der Waals surface area contributed by atoms with Crippen LogP contribution < -0.4 is 16.0 Å². The van der Waals surface area contributed by atoms with E-state index in [1.54, 1.807) is 0 Å². The van der Waals surface area contributed by atoms with E-state index in [1.807, 2.05) is 56.8 Å². The Morgan fingerprint density at radius 1 is 1.18 bits per heavy atom. The lowest BCUT2D eigenvalue weighted by molar-refractivity contribution is 0.0636. The first kappa shape index (κ1) is 26.8. The summed E-state index contributed by atoms with van der Waals surface area (Å²) >= 11 is 1.84. The molecule has 0 aromatic heterocycles. The van der Waals surface area contributed by atoms with Gasteiger partial charge in [0.2, 0.25) is 0 Å². The predicted molar refractivity (Wildman–Crippen MR) is 132 cm³/mol. The van der Waals surface area contributed by atoms with Crippen LogP contribution in [0.4, 0.5) is 10.5 Å². The van der Waals surface area contributed by atoms with Gasteiger partial charge in [-0.25, -0.2) is 4.79 Å². The Bertz CT molecular complexity index is 589. The average Bonchev–Trinajstić information content (AvgIpc) is 2.58. The van der Waals surface area contributed by atoms with Gasteiger partial charge in [0.15, 0.2) is 5.96 Å². The lowest BCUT2D eigenvalue weighted by Gasteiger charge is -2.19. The SMILES string of the molecule is CCNC(=NCCCSC)NCCc1ccc(NC(=O)OC(C)(C)C)cc1.I. The number of amides is 1. The summed E-state index contributed by atoms with van der Waals surface area (Å²) in [6.07, 6.45) is 3.64. The third kappa shape index (κ3) is 13.1. The summed E-state index contributed by atoms with van der Waals surface area (Å²) in [5, 5.41) is 9.37. The second-order valence-corrected chi connectivity index (χ2v) is 8.09. The van der Waals surface area contributed by atoms with Gasteiger partial charge in [0, 0.05) is 25.3 Å². The number of halogens is 1. The lowest BCUT2D eigenvalue weighted by Crippen LogP contribution is -2.38. The van der Waals surface area contributed by atoms with E-state index in [2.05, 4.69) is 34.1 Å². The highest BCUT2D eigenvalue weighted by Gasteiger charge is 2.16. The molecule has 1 aromatic carbocycles. The van der Waals surface area contributed by atoms with Gasteiger partial charge in [-0.2, -0.15) is 11.8 Å². The third-order valence-corrected chi connectivity index (χ3v) is 4.12. The van der Waals surface area contributed by atoms with Crippen LogP contribution in [0.2, 0.25) is 0 Å². The zero-order chi connectivity index (χ0) is 20.1. The van der Waals surface area contributed by atoms with Gasteiger partial charge in [0.25, 0.3) is 0 Å². The Morgan fingerprint density at radius 3 is 2.43 bits per heavy atom. The number of hydrogen-bond acceptors (Lipinski definition) is 4. The van der Waals surface area contributed by atoms with Crippen molar-refractivity contribution >= 4 is 53.5 Å². The fourth-order valence-electron chi connectivity index (χ4n) is 2.24. The lowest BCUT2D eigenvalue weighted by atomic mass is 10.1. The number of rotatable bonds is 9.